The summed E-state index contributed by atoms with van der Waals surface area (Å²) in [4.78, 5) is 23.6. The second kappa shape index (κ2) is 7.23. The van der Waals surface area contributed by atoms with E-state index in [-0.39, 0.29) is 11.9 Å². The number of rotatable bonds is 4. The quantitative estimate of drug-likeness (QED) is 0.706. The molecule has 1 fully saturated rings. The van der Waals surface area contributed by atoms with E-state index in [0.717, 1.165) is 24.3 Å². The van der Waals surface area contributed by atoms with Gasteiger partial charge in [-0.2, -0.15) is 0 Å². The zero-order chi connectivity index (χ0) is 18.8. The summed E-state index contributed by atoms with van der Waals surface area (Å²) in [5.74, 6) is 1.68. The molecule has 1 aromatic carbocycles. The van der Waals surface area contributed by atoms with Crippen LogP contribution in [-0.4, -0.2) is 31.9 Å². The molecule has 4 rings (SSSR count). The van der Waals surface area contributed by atoms with Gasteiger partial charge in [0.25, 0.3) is 5.91 Å². The number of pyridine rings is 1. The number of carbonyl (C=O) groups is 1. The first-order chi connectivity index (χ1) is 13.1. The monoisotopic (exact) mass is 362 g/mol. The highest BCUT2D eigenvalue weighted by Gasteiger charge is 2.33. The number of benzene rings is 1. The van der Waals surface area contributed by atoms with Crippen molar-refractivity contribution in [1.82, 2.24) is 19.4 Å². The molecule has 3 aromatic rings. The van der Waals surface area contributed by atoms with E-state index in [1.165, 1.54) is 5.56 Å². The van der Waals surface area contributed by atoms with Crippen LogP contribution in [0.3, 0.4) is 0 Å². The Balaban J connectivity index is 1.56. The molecule has 0 radical (unpaired) electrons. The Bertz CT molecular complexity index is 949. The maximum Gasteiger partial charge on any atom is 0.290 e. The van der Waals surface area contributed by atoms with Crippen LogP contribution in [0.15, 0.2) is 54.9 Å². The summed E-state index contributed by atoms with van der Waals surface area (Å²) < 4.78 is 7.64. The highest BCUT2D eigenvalue weighted by molar-refractivity contribution is 5.91. The van der Waals surface area contributed by atoms with Crippen molar-refractivity contribution in [2.45, 2.75) is 25.8 Å². The zero-order valence-electron chi connectivity index (χ0n) is 15.5. The van der Waals surface area contributed by atoms with Gasteiger partial charge in [-0.05, 0) is 38.0 Å². The van der Waals surface area contributed by atoms with Crippen LogP contribution in [0, 0.1) is 6.92 Å². The lowest BCUT2D eigenvalue weighted by molar-refractivity contribution is 0.0716. The van der Waals surface area contributed by atoms with Crippen LogP contribution in [0.2, 0.25) is 0 Å². The van der Waals surface area contributed by atoms with E-state index >= 15 is 0 Å². The van der Waals surface area contributed by atoms with Gasteiger partial charge in [0.2, 0.25) is 5.88 Å². The Morgan fingerprint density at radius 3 is 2.74 bits per heavy atom. The third-order valence-electron chi connectivity index (χ3n) is 4.86. The fraction of sp³-hybridized carbons (Fsp3) is 0.286. The molecular weight excluding hydrogens is 340 g/mol. The van der Waals surface area contributed by atoms with Crippen LogP contribution in [0.4, 0.5) is 0 Å². The fourth-order valence-electron chi connectivity index (χ4n) is 3.42. The molecule has 0 aliphatic carbocycles. The molecule has 1 aliphatic rings. The number of hydrogen-bond acceptors (Lipinski definition) is 4. The summed E-state index contributed by atoms with van der Waals surface area (Å²) in [7, 11) is 1.83. The molecule has 6 heteroatoms. The molecule has 1 atom stereocenters. The van der Waals surface area contributed by atoms with Crippen molar-refractivity contribution < 1.29 is 9.53 Å². The number of aryl methyl sites for hydroxylation is 2. The molecule has 27 heavy (non-hydrogen) atoms. The number of aromatic nitrogens is 3. The smallest absolute Gasteiger partial charge is 0.290 e. The molecule has 0 N–H and O–H groups in total. The summed E-state index contributed by atoms with van der Waals surface area (Å²) in [6.45, 7) is 2.75. The highest BCUT2D eigenvalue weighted by Crippen LogP contribution is 2.33. The van der Waals surface area contributed by atoms with E-state index in [2.05, 4.69) is 9.97 Å². The summed E-state index contributed by atoms with van der Waals surface area (Å²) in [5, 5.41) is 0. The molecule has 1 amide bonds. The van der Waals surface area contributed by atoms with Gasteiger partial charge in [0.1, 0.15) is 5.75 Å². The molecule has 0 bridgehead atoms. The van der Waals surface area contributed by atoms with Gasteiger partial charge in [-0.3, -0.25) is 4.79 Å². The number of likely N-dealkylation sites (tertiary alicyclic amines) is 1. The predicted octanol–water partition coefficient (Wildman–Crippen LogP) is 3.89. The Labute approximate surface area is 158 Å². The number of hydrogen-bond donors (Lipinski definition) is 0. The number of ether oxygens (including phenoxy) is 1. The van der Waals surface area contributed by atoms with Crippen LogP contribution in [0.5, 0.6) is 11.6 Å². The minimum Gasteiger partial charge on any atom is -0.439 e. The van der Waals surface area contributed by atoms with E-state index in [1.807, 2.05) is 61.3 Å². The average molecular weight is 362 g/mol. The van der Waals surface area contributed by atoms with Crippen LogP contribution in [0.25, 0.3) is 0 Å². The maximum absolute atomic E-state index is 12.9. The lowest BCUT2D eigenvalue weighted by atomic mass is 10.1. The molecule has 0 spiro atoms. The summed E-state index contributed by atoms with van der Waals surface area (Å²) in [5.41, 5.74) is 2.03. The Hall–Kier alpha value is -3.15. The normalized spacial score (nSPS) is 16.5. The number of carbonyl (C=O) groups excluding carboxylic acids is 1. The van der Waals surface area contributed by atoms with E-state index in [4.69, 9.17) is 4.74 Å². The van der Waals surface area contributed by atoms with Crippen molar-refractivity contribution in [3.63, 3.8) is 0 Å². The van der Waals surface area contributed by atoms with Crippen LogP contribution in [-0.2, 0) is 7.05 Å². The van der Waals surface area contributed by atoms with Crippen molar-refractivity contribution in [2.24, 2.45) is 7.05 Å². The van der Waals surface area contributed by atoms with Gasteiger partial charge in [-0.1, -0.05) is 23.8 Å². The lowest BCUT2D eigenvalue weighted by Gasteiger charge is -2.24. The third-order valence-corrected chi connectivity index (χ3v) is 4.86. The van der Waals surface area contributed by atoms with Gasteiger partial charge in [0.05, 0.1) is 11.7 Å². The molecule has 1 aliphatic heterocycles. The maximum atomic E-state index is 12.9. The summed E-state index contributed by atoms with van der Waals surface area (Å²) in [6.07, 6.45) is 5.27. The van der Waals surface area contributed by atoms with Gasteiger partial charge in [0, 0.05) is 32.1 Å². The summed E-state index contributed by atoms with van der Waals surface area (Å²) >= 11 is 0. The van der Waals surface area contributed by atoms with Gasteiger partial charge in [-0.25, -0.2) is 9.97 Å². The fourth-order valence-corrected chi connectivity index (χ4v) is 3.42. The van der Waals surface area contributed by atoms with Gasteiger partial charge >= 0.3 is 0 Å². The third kappa shape index (κ3) is 3.56. The molecule has 2 aromatic heterocycles. The average Bonchev–Trinajstić information content (AvgIpc) is 3.32. The topological polar surface area (TPSA) is 60.2 Å². The second-order valence-corrected chi connectivity index (χ2v) is 6.83. The van der Waals surface area contributed by atoms with Crippen molar-refractivity contribution in [1.29, 1.82) is 0 Å². The second-order valence-electron chi connectivity index (χ2n) is 6.83. The zero-order valence-corrected chi connectivity index (χ0v) is 15.5. The minimum absolute atomic E-state index is 0.0587. The first-order valence-electron chi connectivity index (χ1n) is 9.11. The van der Waals surface area contributed by atoms with E-state index in [0.29, 0.717) is 18.2 Å². The van der Waals surface area contributed by atoms with E-state index in [9.17, 15) is 4.79 Å². The SMILES string of the molecule is Cc1ccc(Oc2cccc([C@@H]3CCCN3C(=O)c3nccn3C)n2)cc1. The summed E-state index contributed by atoms with van der Waals surface area (Å²) in [6, 6.07) is 13.5. The molecule has 0 saturated carbocycles. The van der Waals surface area contributed by atoms with Crippen molar-refractivity contribution in [2.75, 3.05) is 6.54 Å². The van der Waals surface area contributed by atoms with Crippen LogP contribution in [0.1, 0.15) is 40.8 Å². The highest BCUT2D eigenvalue weighted by atomic mass is 16.5. The first kappa shape index (κ1) is 17.3. The number of nitrogens with zero attached hydrogens (tertiary/aromatic N) is 4. The molecular formula is C21H22N4O2. The van der Waals surface area contributed by atoms with Gasteiger partial charge < -0.3 is 14.2 Å². The van der Waals surface area contributed by atoms with Gasteiger partial charge in [-0.15, -0.1) is 0 Å². The molecule has 1 saturated heterocycles. The molecule has 138 valence electrons. The molecule has 0 unspecified atom stereocenters. The van der Waals surface area contributed by atoms with Crippen LogP contribution < -0.4 is 4.74 Å². The van der Waals surface area contributed by atoms with E-state index < -0.39 is 0 Å². The molecule has 6 nitrogen and oxygen atoms in total. The Kier molecular flexibility index (Phi) is 4.62. The van der Waals surface area contributed by atoms with Crippen molar-refractivity contribution in [3.8, 4) is 11.6 Å². The lowest BCUT2D eigenvalue weighted by Crippen LogP contribution is -2.32. The van der Waals surface area contributed by atoms with Crippen molar-refractivity contribution in [3.05, 3.63) is 71.9 Å². The first-order valence-corrected chi connectivity index (χ1v) is 9.11. The van der Waals surface area contributed by atoms with Crippen LogP contribution >= 0.6 is 0 Å². The largest absolute Gasteiger partial charge is 0.439 e. The van der Waals surface area contributed by atoms with Crippen molar-refractivity contribution >= 4 is 5.91 Å². The standard InChI is InChI=1S/C21H22N4O2/c1-15-8-10-16(11-9-15)27-19-7-3-5-17(23-19)18-6-4-13-25(18)21(26)20-22-12-14-24(20)2/h3,5,7-12,14,18H,4,6,13H2,1-2H3/t18-/m0/s1. The minimum atomic E-state index is -0.0595. The Morgan fingerprint density at radius 2 is 2.00 bits per heavy atom. The van der Waals surface area contributed by atoms with Gasteiger partial charge in [0.15, 0.2) is 5.82 Å². The predicted molar refractivity (Wildman–Crippen MR) is 102 cm³/mol. The number of amides is 1. The molecule has 3 heterocycles. The number of imidazole rings is 1. The Morgan fingerprint density at radius 1 is 1.19 bits per heavy atom. The van der Waals surface area contributed by atoms with E-state index in [1.54, 1.807) is 17.0 Å².